The van der Waals surface area contributed by atoms with Gasteiger partial charge in [-0.3, -0.25) is 14.5 Å². The van der Waals surface area contributed by atoms with E-state index >= 15 is 0 Å². The van der Waals surface area contributed by atoms with E-state index in [1.807, 2.05) is 66.9 Å². The molecule has 0 bridgehead atoms. The fourth-order valence-corrected chi connectivity index (χ4v) is 7.57. The molecule has 0 spiro atoms. The predicted molar refractivity (Wildman–Crippen MR) is 182 cm³/mol. The van der Waals surface area contributed by atoms with Crippen LogP contribution in [-0.4, -0.2) is 80.7 Å². The van der Waals surface area contributed by atoms with Gasteiger partial charge in [-0.05, 0) is 43.7 Å². The molecule has 5 rings (SSSR count). The SMILES string of the molecule is CSCC1=C(C(=O)OC(c2ccccc2)c2ccccc2)N2C(=O)C(NC(=O)C(=NOCC(=O)OC(C)(C)C)c3cscn3)[C@H]2SC1. The standard InChI is InChI=1S/C33H34N4O7S3/c1-33(2,3)44-24(38)15-42-36-25(23-18-46-19-34-23)29(39)35-26-30(40)37-27(22(16-45-4)17-47-31(26)37)32(41)43-28(20-11-7-5-8-12-20)21-13-9-6-10-14-21/h5-14,18-19,26,28,31H,15-17H2,1-4H3,(H,35,39)/t26?,31-/m1/s1. The summed E-state index contributed by atoms with van der Waals surface area (Å²) in [6.07, 6.45) is 1.24. The lowest BCUT2D eigenvalue weighted by atomic mass is 10.0. The van der Waals surface area contributed by atoms with Crippen LogP contribution in [-0.2, 0) is 33.5 Å². The molecule has 2 aliphatic rings. The second-order valence-electron chi connectivity index (χ2n) is 11.5. The van der Waals surface area contributed by atoms with E-state index < -0.39 is 53.5 Å². The van der Waals surface area contributed by atoms with E-state index in [1.165, 1.54) is 33.5 Å². The molecule has 2 atom stereocenters. The van der Waals surface area contributed by atoms with Crippen molar-refractivity contribution in [1.82, 2.24) is 15.2 Å². The van der Waals surface area contributed by atoms with Crippen molar-refractivity contribution in [2.75, 3.05) is 24.4 Å². The number of thiazole rings is 1. The van der Waals surface area contributed by atoms with E-state index in [1.54, 1.807) is 37.9 Å². The first-order chi connectivity index (χ1) is 22.6. The van der Waals surface area contributed by atoms with Gasteiger partial charge in [0.1, 0.15) is 28.4 Å². The zero-order valence-electron chi connectivity index (χ0n) is 26.2. The largest absolute Gasteiger partial charge is 0.457 e. The Balaban J connectivity index is 1.34. The minimum Gasteiger partial charge on any atom is -0.457 e. The number of hydrogen-bond acceptors (Lipinski definition) is 12. The number of aromatic nitrogens is 1. The van der Waals surface area contributed by atoms with Crippen molar-refractivity contribution in [3.63, 3.8) is 0 Å². The number of nitrogens with one attached hydrogen (secondary N) is 1. The smallest absolute Gasteiger partial charge is 0.356 e. The molecule has 0 saturated carbocycles. The summed E-state index contributed by atoms with van der Waals surface area (Å²) in [5.41, 5.74) is 3.39. The highest BCUT2D eigenvalue weighted by Gasteiger charge is 2.55. The summed E-state index contributed by atoms with van der Waals surface area (Å²) in [5, 5.41) is 7.66. The molecule has 1 fully saturated rings. The number of benzene rings is 2. The lowest BCUT2D eigenvalue weighted by Crippen LogP contribution is -2.71. The van der Waals surface area contributed by atoms with Gasteiger partial charge in [0.25, 0.3) is 11.8 Å². The van der Waals surface area contributed by atoms with Crippen LogP contribution in [0, 0.1) is 0 Å². The molecule has 47 heavy (non-hydrogen) atoms. The highest BCUT2D eigenvalue weighted by atomic mass is 32.2. The van der Waals surface area contributed by atoms with Crippen LogP contribution in [0.1, 0.15) is 43.7 Å². The van der Waals surface area contributed by atoms with Gasteiger partial charge in [-0.1, -0.05) is 65.8 Å². The molecule has 246 valence electrons. The molecule has 14 heteroatoms. The molecule has 11 nitrogen and oxygen atoms in total. The molecule has 1 saturated heterocycles. The summed E-state index contributed by atoms with van der Waals surface area (Å²) < 4.78 is 11.4. The Morgan fingerprint density at radius 2 is 1.74 bits per heavy atom. The normalized spacial score (nSPS) is 17.9. The van der Waals surface area contributed by atoms with Crippen molar-refractivity contribution in [1.29, 1.82) is 0 Å². The maximum absolute atomic E-state index is 14.0. The van der Waals surface area contributed by atoms with Crippen LogP contribution < -0.4 is 5.32 Å². The van der Waals surface area contributed by atoms with E-state index in [9.17, 15) is 19.2 Å². The Labute approximate surface area is 285 Å². The molecular weight excluding hydrogens is 661 g/mol. The fraction of sp³-hybridized carbons (Fsp3) is 0.333. The number of nitrogens with zero attached hydrogens (tertiary/aromatic N) is 3. The number of carbonyl (C=O) groups excluding carboxylic acids is 4. The quantitative estimate of drug-likeness (QED) is 0.124. The molecule has 3 aromatic rings. The maximum Gasteiger partial charge on any atom is 0.356 e. The minimum absolute atomic E-state index is 0.199. The number of fused-ring (bicyclic) bond motifs is 1. The third kappa shape index (κ3) is 8.24. The van der Waals surface area contributed by atoms with Gasteiger partial charge < -0.3 is 19.6 Å². The van der Waals surface area contributed by atoms with Crippen LogP contribution in [0.15, 0.2) is 88.0 Å². The number of thioether (sulfide) groups is 2. The first-order valence-electron chi connectivity index (χ1n) is 14.6. The van der Waals surface area contributed by atoms with Crippen molar-refractivity contribution in [2.45, 2.75) is 43.9 Å². The van der Waals surface area contributed by atoms with Crippen LogP contribution in [0.25, 0.3) is 0 Å². The summed E-state index contributed by atoms with van der Waals surface area (Å²) in [4.78, 5) is 63.9. The van der Waals surface area contributed by atoms with Gasteiger partial charge in [-0.2, -0.15) is 11.8 Å². The van der Waals surface area contributed by atoms with Crippen LogP contribution >= 0.6 is 34.9 Å². The molecule has 2 aliphatic heterocycles. The van der Waals surface area contributed by atoms with Crippen molar-refractivity contribution in [3.05, 3.63) is 99.6 Å². The van der Waals surface area contributed by atoms with Gasteiger partial charge in [0.05, 0.1) is 5.51 Å². The minimum atomic E-state index is -0.945. The lowest BCUT2D eigenvalue weighted by Gasteiger charge is -2.49. The third-order valence-corrected chi connectivity index (χ3v) is 9.49. The van der Waals surface area contributed by atoms with Gasteiger partial charge >= 0.3 is 11.9 Å². The Morgan fingerprint density at radius 3 is 2.32 bits per heavy atom. The zero-order valence-corrected chi connectivity index (χ0v) is 28.7. The number of amides is 2. The van der Waals surface area contributed by atoms with E-state index in [-0.39, 0.29) is 17.1 Å². The second-order valence-corrected chi connectivity index (χ2v) is 14.2. The maximum atomic E-state index is 14.0. The lowest BCUT2D eigenvalue weighted by molar-refractivity contribution is -0.160. The van der Waals surface area contributed by atoms with Gasteiger partial charge in [0, 0.05) is 16.9 Å². The van der Waals surface area contributed by atoms with Crippen molar-refractivity contribution >= 4 is 64.3 Å². The average molecular weight is 695 g/mol. The summed E-state index contributed by atoms with van der Waals surface area (Å²) in [7, 11) is 0. The van der Waals surface area contributed by atoms with E-state index in [0.29, 0.717) is 11.5 Å². The van der Waals surface area contributed by atoms with Gasteiger partial charge in [0.2, 0.25) is 6.61 Å². The summed E-state index contributed by atoms with van der Waals surface area (Å²) >= 11 is 4.23. The van der Waals surface area contributed by atoms with E-state index in [2.05, 4.69) is 15.5 Å². The average Bonchev–Trinajstić information content (AvgIpc) is 3.59. The Bertz CT molecular complexity index is 1620. The number of esters is 2. The van der Waals surface area contributed by atoms with Crippen molar-refractivity contribution in [2.24, 2.45) is 5.16 Å². The molecule has 2 aromatic carbocycles. The predicted octanol–water partition coefficient (Wildman–Crippen LogP) is 4.56. The monoisotopic (exact) mass is 694 g/mol. The number of hydrogen-bond donors (Lipinski definition) is 1. The highest BCUT2D eigenvalue weighted by Crippen LogP contribution is 2.42. The summed E-state index contributed by atoms with van der Waals surface area (Å²) in [5.74, 6) is -1.44. The Morgan fingerprint density at radius 1 is 1.09 bits per heavy atom. The zero-order chi connectivity index (χ0) is 33.6. The van der Waals surface area contributed by atoms with Crippen LogP contribution in [0.2, 0.25) is 0 Å². The number of oxime groups is 1. The van der Waals surface area contributed by atoms with Crippen LogP contribution in [0.4, 0.5) is 0 Å². The van der Waals surface area contributed by atoms with Gasteiger partial charge in [-0.15, -0.1) is 23.1 Å². The molecule has 1 N–H and O–H groups in total. The molecule has 1 unspecified atom stereocenters. The van der Waals surface area contributed by atoms with Crippen LogP contribution in [0.3, 0.4) is 0 Å². The first-order valence-corrected chi connectivity index (χ1v) is 18.0. The molecule has 3 heterocycles. The second kappa shape index (κ2) is 15.2. The van der Waals surface area contributed by atoms with E-state index in [0.717, 1.165) is 16.7 Å². The van der Waals surface area contributed by atoms with Gasteiger partial charge in [0.15, 0.2) is 11.8 Å². The number of rotatable bonds is 12. The summed E-state index contributed by atoms with van der Waals surface area (Å²) in [6, 6.07) is 17.9. The molecule has 0 aliphatic carbocycles. The number of β-lactam (4-membered cyclic amide) rings is 1. The third-order valence-electron chi connectivity index (χ3n) is 6.92. The van der Waals surface area contributed by atoms with Gasteiger partial charge in [-0.25, -0.2) is 14.6 Å². The fourth-order valence-electron chi connectivity index (χ4n) is 4.97. The van der Waals surface area contributed by atoms with Crippen LogP contribution in [0.5, 0.6) is 0 Å². The molecule has 0 radical (unpaired) electrons. The number of carbonyl (C=O) groups is 4. The molecular formula is C33H34N4O7S3. The Kier molecular flexibility index (Phi) is 11.0. The molecule has 2 amide bonds. The van der Waals surface area contributed by atoms with Crippen molar-refractivity contribution in [3.8, 4) is 0 Å². The van der Waals surface area contributed by atoms with E-state index in [4.69, 9.17) is 14.3 Å². The topological polar surface area (TPSA) is 136 Å². The molecule has 1 aromatic heterocycles. The first kappa shape index (κ1) is 34.2. The highest BCUT2D eigenvalue weighted by molar-refractivity contribution is 8.00. The van der Waals surface area contributed by atoms with Crippen molar-refractivity contribution < 1.29 is 33.5 Å². The summed E-state index contributed by atoms with van der Waals surface area (Å²) in [6.45, 7) is 4.65. The number of ether oxygens (including phenoxy) is 2. The Hall–Kier alpha value is -4.14.